The number of benzene rings is 1. The predicted octanol–water partition coefficient (Wildman–Crippen LogP) is -0.114. The molecule has 120 valence electrons. The van der Waals surface area contributed by atoms with Crippen molar-refractivity contribution in [1.82, 2.24) is 9.03 Å². The van der Waals surface area contributed by atoms with Gasteiger partial charge in [-0.3, -0.25) is 0 Å². The summed E-state index contributed by atoms with van der Waals surface area (Å²) >= 11 is 0. The molecule has 0 unspecified atom stereocenters. The first-order chi connectivity index (χ1) is 9.47. The zero-order valence-electron chi connectivity index (χ0n) is 11.9. The molecular weight excluding hydrogens is 321 g/mol. The Morgan fingerprint density at radius 3 is 2.29 bits per heavy atom. The van der Waals surface area contributed by atoms with Crippen LogP contribution < -0.4 is 10.5 Å². The summed E-state index contributed by atoms with van der Waals surface area (Å²) in [6.45, 7) is 1.10. The van der Waals surface area contributed by atoms with Crippen LogP contribution in [0.1, 0.15) is 5.56 Å². The highest BCUT2D eigenvalue weighted by atomic mass is 32.2. The number of nitrogens with two attached hydrogens (primary N) is 1. The minimum atomic E-state index is -3.95. The van der Waals surface area contributed by atoms with Crippen LogP contribution in [0.4, 0.5) is 10.1 Å². The largest absolute Gasteiger partial charge is 0.396 e. The van der Waals surface area contributed by atoms with E-state index in [0.717, 1.165) is 16.4 Å². The molecular formula is C11H18FN3O4S2. The highest BCUT2D eigenvalue weighted by Gasteiger charge is 2.19. The molecule has 0 atom stereocenters. The maximum Gasteiger partial charge on any atom is 0.240 e. The van der Waals surface area contributed by atoms with Crippen molar-refractivity contribution in [3.63, 3.8) is 0 Å². The van der Waals surface area contributed by atoms with Crippen LogP contribution in [-0.4, -0.2) is 47.5 Å². The van der Waals surface area contributed by atoms with Crippen LogP contribution in [0.2, 0.25) is 0 Å². The van der Waals surface area contributed by atoms with Gasteiger partial charge in [-0.25, -0.2) is 30.3 Å². The highest BCUT2D eigenvalue weighted by molar-refractivity contribution is 7.90. The first-order valence-corrected chi connectivity index (χ1v) is 9.02. The molecule has 0 aliphatic rings. The number of anilines is 1. The van der Waals surface area contributed by atoms with Crippen molar-refractivity contribution in [2.45, 2.75) is 11.8 Å². The standard InChI is InChI=1S/C11H18FN3O4S2/c1-8-6-9(7-10(13)11(8)12)21(18,19)14-4-5-20(16,17)15(2)3/h6-7,14H,4-5,13H2,1-3H3. The SMILES string of the molecule is Cc1cc(S(=O)(=O)NCCS(=O)(=O)N(C)C)cc(N)c1F. The van der Waals surface area contributed by atoms with Crippen LogP contribution in [0.3, 0.4) is 0 Å². The van der Waals surface area contributed by atoms with E-state index in [1.54, 1.807) is 0 Å². The fraction of sp³-hybridized carbons (Fsp3) is 0.455. The number of sulfonamides is 2. The summed E-state index contributed by atoms with van der Waals surface area (Å²) < 4.78 is 63.6. The normalized spacial score (nSPS) is 12.8. The van der Waals surface area contributed by atoms with Crippen LogP contribution >= 0.6 is 0 Å². The Bertz CT molecular complexity index is 707. The molecule has 0 amide bonds. The molecule has 21 heavy (non-hydrogen) atoms. The Hall–Kier alpha value is -1.23. The van der Waals surface area contributed by atoms with Crippen LogP contribution in [0.5, 0.6) is 0 Å². The number of rotatable bonds is 6. The lowest BCUT2D eigenvalue weighted by molar-refractivity contribution is 0.519. The summed E-state index contributed by atoms with van der Waals surface area (Å²) in [4.78, 5) is -0.207. The van der Waals surface area contributed by atoms with Gasteiger partial charge in [-0.2, -0.15) is 0 Å². The molecule has 3 N–H and O–H groups in total. The summed E-state index contributed by atoms with van der Waals surface area (Å²) in [5.74, 6) is -1.06. The van der Waals surface area contributed by atoms with Crippen molar-refractivity contribution >= 4 is 25.7 Å². The van der Waals surface area contributed by atoms with Gasteiger partial charge in [0.1, 0.15) is 5.82 Å². The molecule has 1 aromatic carbocycles. The van der Waals surface area contributed by atoms with Gasteiger partial charge in [0.05, 0.1) is 16.3 Å². The number of halogens is 1. The van der Waals surface area contributed by atoms with Crippen molar-refractivity contribution in [3.05, 3.63) is 23.5 Å². The van der Waals surface area contributed by atoms with Gasteiger partial charge < -0.3 is 5.73 Å². The van der Waals surface area contributed by atoms with Gasteiger partial charge in [0, 0.05) is 20.6 Å². The number of hydrogen-bond donors (Lipinski definition) is 2. The van der Waals surface area contributed by atoms with Gasteiger partial charge in [0.25, 0.3) is 0 Å². The second kappa shape index (κ2) is 6.26. The van der Waals surface area contributed by atoms with Crippen molar-refractivity contribution in [2.75, 3.05) is 32.1 Å². The van der Waals surface area contributed by atoms with E-state index >= 15 is 0 Å². The molecule has 0 bridgehead atoms. The maximum absolute atomic E-state index is 13.4. The lowest BCUT2D eigenvalue weighted by atomic mass is 10.2. The summed E-state index contributed by atoms with van der Waals surface area (Å²) in [6.07, 6.45) is 0. The third kappa shape index (κ3) is 4.37. The molecule has 0 aromatic heterocycles. The Balaban J connectivity index is 2.89. The van der Waals surface area contributed by atoms with Gasteiger partial charge in [0.15, 0.2) is 0 Å². The molecule has 1 aromatic rings. The van der Waals surface area contributed by atoms with Crippen molar-refractivity contribution in [3.8, 4) is 0 Å². The van der Waals surface area contributed by atoms with E-state index in [0.29, 0.717) is 0 Å². The fourth-order valence-electron chi connectivity index (χ4n) is 1.49. The first kappa shape index (κ1) is 17.8. The van der Waals surface area contributed by atoms with E-state index in [9.17, 15) is 21.2 Å². The molecule has 0 radical (unpaired) electrons. The van der Waals surface area contributed by atoms with Gasteiger partial charge in [-0.1, -0.05) is 0 Å². The molecule has 10 heteroatoms. The summed E-state index contributed by atoms with van der Waals surface area (Å²) in [6, 6.07) is 2.12. The average molecular weight is 339 g/mol. The monoisotopic (exact) mass is 339 g/mol. The smallest absolute Gasteiger partial charge is 0.240 e. The Labute approximate surface area is 124 Å². The molecule has 0 saturated heterocycles. The molecule has 0 aliphatic heterocycles. The third-order valence-corrected chi connectivity index (χ3v) is 6.05. The fourth-order valence-corrected chi connectivity index (χ4v) is 3.49. The second-order valence-electron chi connectivity index (χ2n) is 4.64. The zero-order chi connectivity index (χ0) is 16.4. The van der Waals surface area contributed by atoms with E-state index < -0.39 is 25.9 Å². The van der Waals surface area contributed by atoms with E-state index in [-0.39, 0.29) is 28.4 Å². The number of aryl methyl sites for hydroxylation is 1. The maximum atomic E-state index is 13.4. The van der Waals surface area contributed by atoms with Crippen LogP contribution in [0.25, 0.3) is 0 Å². The van der Waals surface area contributed by atoms with Crippen molar-refractivity contribution < 1.29 is 21.2 Å². The minimum absolute atomic E-state index is 0.0938. The number of nitrogens with one attached hydrogen (secondary N) is 1. The lowest BCUT2D eigenvalue weighted by Crippen LogP contribution is -2.34. The molecule has 0 heterocycles. The number of nitrogen functional groups attached to an aromatic ring is 1. The Morgan fingerprint density at radius 1 is 1.24 bits per heavy atom. The van der Waals surface area contributed by atoms with E-state index in [1.165, 1.54) is 21.0 Å². The Kier molecular flexibility index (Phi) is 5.31. The minimum Gasteiger partial charge on any atom is -0.396 e. The second-order valence-corrected chi connectivity index (χ2v) is 8.71. The topological polar surface area (TPSA) is 110 Å². The van der Waals surface area contributed by atoms with Crippen molar-refractivity contribution in [1.29, 1.82) is 0 Å². The first-order valence-electron chi connectivity index (χ1n) is 5.93. The van der Waals surface area contributed by atoms with Gasteiger partial charge in [-0.15, -0.1) is 0 Å². The third-order valence-electron chi connectivity index (χ3n) is 2.77. The Morgan fingerprint density at radius 2 is 1.81 bits per heavy atom. The number of hydrogen-bond acceptors (Lipinski definition) is 5. The van der Waals surface area contributed by atoms with Crippen LogP contribution in [-0.2, 0) is 20.0 Å². The van der Waals surface area contributed by atoms with E-state index in [1.807, 2.05) is 0 Å². The lowest BCUT2D eigenvalue weighted by Gasteiger charge is -2.12. The molecule has 0 saturated carbocycles. The summed E-state index contributed by atoms with van der Waals surface area (Å²) in [7, 11) is -4.74. The molecule has 7 nitrogen and oxygen atoms in total. The van der Waals surface area contributed by atoms with E-state index in [4.69, 9.17) is 5.73 Å². The zero-order valence-corrected chi connectivity index (χ0v) is 13.6. The van der Waals surface area contributed by atoms with E-state index in [2.05, 4.69) is 4.72 Å². The molecule has 0 spiro atoms. The highest BCUT2D eigenvalue weighted by Crippen LogP contribution is 2.20. The van der Waals surface area contributed by atoms with Crippen molar-refractivity contribution in [2.24, 2.45) is 0 Å². The van der Waals surface area contributed by atoms with Gasteiger partial charge in [-0.05, 0) is 24.6 Å². The quantitative estimate of drug-likeness (QED) is 0.703. The summed E-state index contributed by atoms with van der Waals surface area (Å²) in [5, 5.41) is 0. The van der Waals surface area contributed by atoms with Crippen LogP contribution in [0.15, 0.2) is 17.0 Å². The van der Waals surface area contributed by atoms with Crippen LogP contribution in [0, 0.1) is 12.7 Å². The molecule has 0 fully saturated rings. The van der Waals surface area contributed by atoms with Gasteiger partial charge in [0.2, 0.25) is 20.0 Å². The molecule has 1 rings (SSSR count). The number of nitrogens with zero attached hydrogens (tertiary/aromatic N) is 1. The molecule has 0 aliphatic carbocycles. The average Bonchev–Trinajstić information content (AvgIpc) is 2.34. The summed E-state index contributed by atoms with van der Waals surface area (Å²) in [5.41, 5.74) is 5.20. The predicted molar refractivity (Wildman–Crippen MR) is 78.2 cm³/mol. The van der Waals surface area contributed by atoms with Gasteiger partial charge >= 0.3 is 0 Å².